The van der Waals surface area contributed by atoms with Gasteiger partial charge in [0.05, 0.1) is 6.61 Å². The van der Waals surface area contributed by atoms with Crippen molar-refractivity contribution in [3.8, 4) is 5.75 Å². The van der Waals surface area contributed by atoms with Gasteiger partial charge in [0.1, 0.15) is 11.3 Å². The number of aromatic nitrogens is 1. The smallest absolute Gasteiger partial charge is 0.220 e. The van der Waals surface area contributed by atoms with Gasteiger partial charge in [-0.25, -0.2) is 4.98 Å². The minimum absolute atomic E-state index is 0.557. The first-order chi connectivity index (χ1) is 10.2. The van der Waals surface area contributed by atoms with Gasteiger partial charge >= 0.3 is 0 Å². The number of halogens is 1. The summed E-state index contributed by atoms with van der Waals surface area (Å²) < 4.78 is 11.0. The largest absolute Gasteiger partial charge is 0.494 e. The van der Waals surface area contributed by atoms with Crippen LogP contribution in [0.15, 0.2) is 46.9 Å². The van der Waals surface area contributed by atoms with Crippen LogP contribution < -0.4 is 4.74 Å². The highest BCUT2D eigenvalue weighted by Gasteiger charge is 2.03. The van der Waals surface area contributed by atoms with Gasteiger partial charge in [-0.2, -0.15) is 0 Å². The highest BCUT2D eigenvalue weighted by atomic mass is 35.5. The van der Waals surface area contributed by atoms with Gasteiger partial charge in [0, 0.05) is 11.1 Å². The van der Waals surface area contributed by atoms with Crippen molar-refractivity contribution in [1.29, 1.82) is 0 Å². The summed E-state index contributed by atoms with van der Waals surface area (Å²) in [5.74, 6) is 1.42. The Morgan fingerprint density at radius 1 is 1.14 bits per heavy atom. The molecule has 0 aliphatic rings. The van der Waals surface area contributed by atoms with Gasteiger partial charge in [0.15, 0.2) is 5.58 Å². The highest BCUT2D eigenvalue weighted by Crippen LogP contribution is 2.21. The fraction of sp³-hybridized carbons (Fsp3) is 0.118. The quantitative estimate of drug-likeness (QED) is 0.676. The zero-order valence-electron chi connectivity index (χ0n) is 11.5. The van der Waals surface area contributed by atoms with Crippen LogP contribution in [-0.4, -0.2) is 11.6 Å². The minimum atomic E-state index is 0.557. The van der Waals surface area contributed by atoms with Gasteiger partial charge in [0.25, 0.3) is 0 Å². The second-order valence-corrected chi connectivity index (χ2v) is 4.94. The van der Waals surface area contributed by atoms with Crippen molar-refractivity contribution in [2.75, 3.05) is 6.61 Å². The lowest BCUT2D eigenvalue weighted by molar-refractivity contribution is 0.340. The molecule has 0 aliphatic carbocycles. The summed E-state index contributed by atoms with van der Waals surface area (Å²) in [6, 6.07) is 13.2. The van der Waals surface area contributed by atoms with Crippen molar-refractivity contribution in [2.45, 2.75) is 6.92 Å². The molecule has 1 heterocycles. The molecule has 0 saturated heterocycles. The second kappa shape index (κ2) is 6.02. The number of ether oxygens (including phenoxy) is 1. The van der Waals surface area contributed by atoms with Crippen LogP contribution in [0.3, 0.4) is 0 Å². The van der Waals surface area contributed by atoms with Crippen LogP contribution in [0, 0.1) is 0 Å². The van der Waals surface area contributed by atoms with Gasteiger partial charge in [-0.05, 0) is 48.9 Å². The number of oxazole rings is 1. The molecule has 3 rings (SSSR count). The Kier molecular flexibility index (Phi) is 3.93. The van der Waals surface area contributed by atoms with Crippen molar-refractivity contribution in [3.63, 3.8) is 0 Å². The third-order valence-corrected chi connectivity index (χ3v) is 3.21. The Morgan fingerprint density at radius 3 is 2.71 bits per heavy atom. The van der Waals surface area contributed by atoms with Crippen LogP contribution in [0.25, 0.3) is 23.3 Å². The topological polar surface area (TPSA) is 35.3 Å². The highest BCUT2D eigenvalue weighted by molar-refractivity contribution is 6.31. The van der Waals surface area contributed by atoms with E-state index in [-0.39, 0.29) is 0 Å². The lowest BCUT2D eigenvalue weighted by atomic mass is 10.2. The van der Waals surface area contributed by atoms with E-state index in [4.69, 9.17) is 20.8 Å². The van der Waals surface area contributed by atoms with E-state index in [2.05, 4.69) is 4.98 Å². The number of benzene rings is 2. The Bertz CT molecular complexity index is 775. The van der Waals surface area contributed by atoms with E-state index in [0.29, 0.717) is 17.5 Å². The molecule has 3 aromatic rings. The molecule has 0 radical (unpaired) electrons. The van der Waals surface area contributed by atoms with Gasteiger partial charge < -0.3 is 9.15 Å². The van der Waals surface area contributed by atoms with Crippen LogP contribution >= 0.6 is 11.6 Å². The van der Waals surface area contributed by atoms with Crippen molar-refractivity contribution in [3.05, 3.63) is 58.9 Å². The molecule has 0 bridgehead atoms. The number of fused-ring (bicyclic) bond motifs is 1. The molecule has 0 N–H and O–H groups in total. The second-order valence-electron chi connectivity index (χ2n) is 4.50. The molecule has 0 unspecified atom stereocenters. The fourth-order valence-corrected chi connectivity index (χ4v) is 2.17. The summed E-state index contributed by atoms with van der Waals surface area (Å²) in [5, 5.41) is 0.651. The fourth-order valence-electron chi connectivity index (χ4n) is 2.00. The van der Waals surface area contributed by atoms with Crippen LogP contribution in [0.2, 0.25) is 5.02 Å². The van der Waals surface area contributed by atoms with Crippen LogP contribution in [0.4, 0.5) is 0 Å². The Labute approximate surface area is 127 Å². The van der Waals surface area contributed by atoms with Crippen LogP contribution in [0.1, 0.15) is 18.4 Å². The van der Waals surface area contributed by atoms with Gasteiger partial charge in [-0.3, -0.25) is 0 Å². The van der Waals surface area contributed by atoms with Crippen LogP contribution in [0.5, 0.6) is 5.75 Å². The van der Waals surface area contributed by atoms with E-state index in [1.807, 2.05) is 49.4 Å². The van der Waals surface area contributed by atoms with E-state index in [1.165, 1.54) is 0 Å². The number of nitrogens with zero attached hydrogens (tertiary/aromatic N) is 1. The molecular formula is C17H14ClNO2. The summed E-state index contributed by atoms with van der Waals surface area (Å²) >= 11 is 5.93. The van der Waals surface area contributed by atoms with Gasteiger partial charge in [-0.1, -0.05) is 23.7 Å². The third kappa shape index (κ3) is 3.26. The van der Waals surface area contributed by atoms with Crippen molar-refractivity contribution in [2.24, 2.45) is 0 Å². The molecule has 0 amide bonds. The molecule has 21 heavy (non-hydrogen) atoms. The molecule has 0 saturated carbocycles. The molecule has 0 atom stereocenters. The molecule has 3 nitrogen and oxygen atoms in total. The molecule has 0 spiro atoms. The summed E-state index contributed by atoms with van der Waals surface area (Å²) in [4.78, 5) is 4.37. The first kappa shape index (κ1) is 13.7. The molecule has 4 heteroatoms. The first-order valence-electron chi connectivity index (χ1n) is 6.71. The van der Waals surface area contributed by atoms with E-state index < -0.39 is 0 Å². The predicted molar refractivity (Wildman–Crippen MR) is 85.6 cm³/mol. The SMILES string of the molecule is CCOc1ccc(/C=C/c2nc3cc(Cl)ccc3o2)cc1. The molecule has 106 valence electrons. The van der Waals surface area contributed by atoms with E-state index in [9.17, 15) is 0 Å². The first-order valence-corrected chi connectivity index (χ1v) is 7.09. The maximum atomic E-state index is 5.93. The monoisotopic (exact) mass is 299 g/mol. The minimum Gasteiger partial charge on any atom is -0.494 e. The molecule has 0 aliphatic heterocycles. The molecular weight excluding hydrogens is 286 g/mol. The predicted octanol–water partition coefficient (Wildman–Crippen LogP) is 5.05. The summed E-state index contributed by atoms with van der Waals surface area (Å²) in [6.07, 6.45) is 3.78. The maximum Gasteiger partial charge on any atom is 0.220 e. The average molecular weight is 300 g/mol. The lowest BCUT2D eigenvalue weighted by Gasteiger charge is -2.01. The normalized spacial score (nSPS) is 11.3. The summed E-state index contributed by atoms with van der Waals surface area (Å²) in [5.41, 5.74) is 2.54. The number of hydrogen-bond donors (Lipinski definition) is 0. The number of rotatable bonds is 4. The van der Waals surface area contributed by atoms with Crippen molar-refractivity contribution < 1.29 is 9.15 Å². The zero-order chi connectivity index (χ0) is 14.7. The zero-order valence-corrected chi connectivity index (χ0v) is 12.3. The van der Waals surface area contributed by atoms with E-state index in [0.717, 1.165) is 22.4 Å². The summed E-state index contributed by atoms with van der Waals surface area (Å²) in [6.45, 7) is 2.63. The summed E-state index contributed by atoms with van der Waals surface area (Å²) in [7, 11) is 0. The Hall–Kier alpha value is -2.26. The molecule has 2 aromatic carbocycles. The van der Waals surface area contributed by atoms with Crippen LogP contribution in [-0.2, 0) is 0 Å². The van der Waals surface area contributed by atoms with Crippen molar-refractivity contribution >= 4 is 34.9 Å². The Balaban J connectivity index is 1.80. The van der Waals surface area contributed by atoms with Gasteiger partial charge in [0.2, 0.25) is 5.89 Å². The lowest BCUT2D eigenvalue weighted by Crippen LogP contribution is -1.90. The van der Waals surface area contributed by atoms with Crippen molar-refractivity contribution in [1.82, 2.24) is 4.98 Å². The van der Waals surface area contributed by atoms with Gasteiger partial charge in [-0.15, -0.1) is 0 Å². The molecule has 0 fully saturated rings. The maximum absolute atomic E-state index is 5.93. The van der Waals surface area contributed by atoms with E-state index >= 15 is 0 Å². The standard InChI is InChI=1S/C17H14ClNO2/c1-2-20-14-7-3-12(4-8-14)5-10-17-19-15-11-13(18)6-9-16(15)21-17/h3-11H,2H2,1H3/b10-5+. The molecule has 1 aromatic heterocycles. The average Bonchev–Trinajstić information content (AvgIpc) is 2.89. The number of hydrogen-bond acceptors (Lipinski definition) is 3. The third-order valence-electron chi connectivity index (χ3n) is 2.98. The Morgan fingerprint density at radius 2 is 1.95 bits per heavy atom. The van der Waals surface area contributed by atoms with E-state index in [1.54, 1.807) is 12.1 Å².